The summed E-state index contributed by atoms with van der Waals surface area (Å²) in [6.45, 7) is 6.17. The standard InChI is InChI=1S/C26H35BrN4O7/c1-2-37-17-5-3-16(4-6-17)29-23(33)19-20-25(35)31(9-12-32)22(26(20)15-18(27)21(19)38-26)24(34)28-7-8-30-10-13-36-14-11-30/h3-6,18-22,32H,2,7-15H2,1H3,(H,28,34)(H,29,33)/t18?,19-,20+,21-,22?,26?/m1/s1. The molecular formula is C26H35BrN4O7. The number of amides is 3. The molecule has 0 aliphatic carbocycles. The monoisotopic (exact) mass is 594 g/mol. The quantitative estimate of drug-likeness (QED) is 0.328. The van der Waals surface area contributed by atoms with E-state index in [0.29, 0.717) is 50.8 Å². The fraction of sp³-hybridized carbons (Fsp3) is 0.654. The molecule has 0 saturated carbocycles. The topological polar surface area (TPSA) is 130 Å². The van der Waals surface area contributed by atoms with Crippen LogP contribution < -0.4 is 15.4 Å². The first-order chi connectivity index (χ1) is 18.4. The molecule has 3 unspecified atom stereocenters. The summed E-state index contributed by atoms with van der Waals surface area (Å²) in [6.07, 6.45) is -0.128. The number of hydrogen-bond acceptors (Lipinski definition) is 8. The summed E-state index contributed by atoms with van der Waals surface area (Å²) in [4.78, 5) is 44.2. The van der Waals surface area contributed by atoms with Gasteiger partial charge in [-0.05, 0) is 37.6 Å². The van der Waals surface area contributed by atoms with Crippen LogP contribution in [0.3, 0.4) is 0 Å². The van der Waals surface area contributed by atoms with Gasteiger partial charge in [-0.2, -0.15) is 0 Å². The fourth-order valence-electron chi connectivity index (χ4n) is 6.36. The van der Waals surface area contributed by atoms with Gasteiger partial charge >= 0.3 is 0 Å². The molecule has 6 atom stereocenters. The van der Waals surface area contributed by atoms with Crippen LogP contribution in [0.5, 0.6) is 5.75 Å². The summed E-state index contributed by atoms with van der Waals surface area (Å²) < 4.78 is 17.3. The Morgan fingerprint density at radius 3 is 2.61 bits per heavy atom. The Balaban J connectivity index is 1.33. The SMILES string of the molecule is CCOc1ccc(NC(=O)[C@H]2[C@@H]3OC4(CC3Br)C(C(=O)NCCN3CCOCC3)N(CCO)C(=O)[C@H]24)cc1. The molecule has 0 aromatic heterocycles. The number of aliphatic hydroxyl groups excluding tert-OH is 1. The first-order valence-electron chi connectivity index (χ1n) is 13.2. The van der Waals surface area contributed by atoms with Gasteiger partial charge in [0, 0.05) is 43.2 Å². The van der Waals surface area contributed by atoms with Crippen molar-refractivity contribution in [2.24, 2.45) is 11.8 Å². The van der Waals surface area contributed by atoms with Crippen LogP contribution in [0.2, 0.25) is 0 Å². The number of fused-ring (bicyclic) bond motifs is 1. The molecule has 1 aromatic carbocycles. The number of carbonyl (C=O) groups excluding carboxylic acids is 3. The smallest absolute Gasteiger partial charge is 0.245 e. The van der Waals surface area contributed by atoms with Crippen molar-refractivity contribution in [3.05, 3.63) is 24.3 Å². The zero-order valence-corrected chi connectivity index (χ0v) is 23.0. The maximum absolute atomic E-state index is 13.7. The number of alkyl halides is 1. The number of anilines is 1. The fourth-order valence-corrected chi connectivity index (χ4v) is 7.31. The van der Waals surface area contributed by atoms with Gasteiger partial charge < -0.3 is 34.9 Å². The molecule has 4 aliphatic heterocycles. The number of benzene rings is 1. The first kappa shape index (κ1) is 27.3. The third-order valence-electron chi connectivity index (χ3n) is 7.94. The number of ether oxygens (including phenoxy) is 3. The molecule has 208 valence electrons. The van der Waals surface area contributed by atoms with E-state index in [9.17, 15) is 19.5 Å². The minimum Gasteiger partial charge on any atom is -0.494 e. The molecule has 3 amide bonds. The van der Waals surface area contributed by atoms with Crippen LogP contribution in [0.15, 0.2) is 24.3 Å². The molecule has 4 fully saturated rings. The molecule has 1 spiro atoms. The lowest BCUT2D eigenvalue weighted by Gasteiger charge is -2.34. The van der Waals surface area contributed by atoms with Crippen molar-refractivity contribution in [1.82, 2.24) is 15.1 Å². The van der Waals surface area contributed by atoms with Gasteiger partial charge in [0.25, 0.3) is 0 Å². The molecule has 4 aliphatic rings. The number of halogens is 1. The molecule has 11 nitrogen and oxygen atoms in total. The van der Waals surface area contributed by atoms with E-state index >= 15 is 0 Å². The van der Waals surface area contributed by atoms with Crippen molar-refractivity contribution in [3.8, 4) is 5.75 Å². The van der Waals surface area contributed by atoms with Gasteiger partial charge in [0.1, 0.15) is 17.4 Å². The Labute approximate surface area is 230 Å². The van der Waals surface area contributed by atoms with Gasteiger partial charge in [-0.25, -0.2) is 0 Å². The normalized spacial score (nSPS) is 32.3. The Bertz CT molecular complexity index is 1040. The minimum atomic E-state index is -1.14. The van der Waals surface area contributed by atoms with Gasteiger partial charge in [-0.15, -0.1) is 0 Å². The molecule has 5 rings (SSSR count). The highest BCUT2D eigenvalue weighted by molar-refractivity contribution is 9.09. The number of β-amino-alcohol motifs (C(OH)–C–C–N with tert-alkyl or cyclic N) is 1. The number of carbonyl (C=O) groups is 3. The number of nitrogens with zero attached hydrogens (tertiary/aromatic N) is 2. The first-order valence-corrected chi connectivity index (χ1v) is 14.2. The summed E-state index contributed by atoms with van der Waals surface area (Å²) in [5.41, 5.74) is -0.564. The maximum Gasteiger partial charge on any atom is 0.245 e. The Morgan fingerprint density at radius 1 is 1.18 bits per heavy atom. The Kier molecular flexibility index (Phi) is 8.25. The zero-order chi connectivity index (χ0) is 26.9. The van der Waals surface area contributed by atoms with Crippen molar-refractivity contribution in [2.45, 2.75) is 35.9 Å². The third-order valence-corrected chi connectivity index (χ3v) is 8.79. The lowest BCUT2D eigenvalue weighted by molar-refractivity contribution is -0.141. The van der Waals surface area contributed by atoms with Crippen molar-refractivity contribution in [2.75, 3.05) is 64.5 Å². The van der Waals surface area contributed by atoms with Crippen LogP contribution >= 0.6 is 15.9 Å². The van der Waals surface area contributed by atoms with E-state index in [1.165, 1.54) is 4.90 Å². The highest BCUT2D eigenvalue weighted by Crippen LogP contribution is 2.60. The van der Waals surface area contributed by atoms with Crippen LogP contribution in [0, 0.1) is 11.8 Å². The maximum atomic E-state index is 13.7. The summed E-state index contributed by atoms with van der Waals surface area (Å²) in [5.74, 6) is -1.89. The van der Waals surface area contributed by atoms with Crippen molar-refractivity contribution < 1.29 is 33.7 Å². The van der Waals surface area contributed by atoms with Gasteiger partial charge in [0.15, 0.2) is 0 Å². The van der Waals surface area contributed by atoms with Crippen LogP contribution in [0.25, 0.3) is 0 Å². The predicted molar refractivity (Wildman–Crippen MR) is 141 cm³/mol. The summed E-state index contributed by atoms with van der Waals surface area (Å²) in [5, 5.41) is 15.6. The third kappa shape index (κ3) is 4.92. The molecule has 4 heterocycles. The van der Waals surface area contributed by atoms with E-state index in [4.69, 9.17) is 14.2 Å². The summed E-state index contributed by atoms with van der Waals surface area (Å²) in [7, 11) is 0. The van der Waals surface area contributed by atoms with Crippen molar-refractivity contribution in [3.63, 3.8) is 0 Å². The molecule has 1 aromatic rings. The van der Waals surface area contributed by atoms with E-state index in [2.05, 4.69) is 31.5 Å². The van der Waals surface area contributed by atoms with E-state index < -0.39 is 29.6 Å². The van der Waals surface area contributed by atoms with Gasteiger partial charge in [0.2, 0.25) is 17.7 Å². The number of likely N-dealkylation sites (tertiary alicyclic amines) is 1. The number of hydrogen-bond donors (Lipinski definition) is 3. The highest BCUT2D eigenvalue weighted by Gasteiger charge is 2.76. The molecule has 4 saturated heterocycles. The lowest BCUT2D eigenvalue weighted by Crippen LogP contribution is -2.56. The van der Waals surface area contributed by atoms with Gasteiger partial charge in [0.05, 0.1) is 44.4 Å². The van der Waals surface area contributed by atoms with Crippen LogP contribution in [0.4, 0.5) is 5.69 Å². The number of rotatable bonds is 10. The summed E-state index contributed by atoms with van der Waals surface area (Å²) in [6, 6.07) is 6.11. The van der Waals surface area contributed by atoms with Crippen LogP contribution in [0.1, 0.15) is 13.3 Å². The lowest BCUT2D eigenvalue weighted by atomic mass is 9.70. The Hall–Kier alpha value is -2.25. The number of morpholine rings is 1. The second-order valence-electron chi connectivity index (χ2n) is 10.1. The predicted octanol–water partition coefficient (Wildman–Crippen LogP) is 0.213. The van der Waals surface area contributed by atoms with Crippen LogP contribution in [-0.2, 0) is 23.9 Å². The summed E-state index contributed by atoms with van der Waals surface area (Å²) >= 11 is 3.66. The number of nitrogens with one attached hydrogen (secondary N) is 2. The Morgan fingerprint density at radius 2 is 1.92 bits per heavy atom. The molecule has 2 bridgehead atoms. The molecular weight excluding hydrogens is 560 g/mol. The van der Waals surface area contributed by atoms with Crippen molar-refractivity contribution >= 4 is 39.3 Å². The zero-order valence-electron chi connectivity index (χ0n) is 21.4. The number of aliphatic hydroxyl groups is 1. The van der Waals surface area contributed by atoms with E-state index in [1.807, 2.05) is 6.92 Å². The average molecular weight is 595 g/mol. The van der Waals surface area contributed by atoms with E-state index in [-0.39, 0.29) is 35.7 Å². The molecule has 3 N–H and O–H groups in total. The van der Waals surface area contributed by atoms with E-state index in [0.717, 1.165) is 13.1 Å². The second kappa shape index (κ2) is 11.5. The average Bonchev–Trinajstić information content (AvgIpc) is 3.50. The van der Waals surface area contributed by atoms with Gasteiger partial charge in [-0.1, -0.05) is 15.9 Å². The van der Waals surface area contributed by atoms with Crippen LogP contribution in [-0.4, -0.2) is 114 Å². The second-order valence-corrected chi connectivity index (χ2v) is 11.3. The van der Waals surface area contributed by atoms with Gasteiger partial charge in [-0.3, -0.25) is 19.3 Å². The molecule has 0 radical (unpaired) electrons. The van der Waals surface area contributed by atoms with E-state index in [1.54, 1.807) is 24.3 Å². The largest absolute Gasteiger partial charge is 0.494 e. The molecule has 12 heteroatoms. The van der Waals surface area contributed by atoms with Crippen molar-refractivity contribution in [1.29, 1.82) is 0 Å². The molecule has 38 heavy (non-hydrogen) atoms. The highest BCUT2D eigenvalue weighted by atomic mass is 79.9. The minimum absolute atomic E-state index is 0.00710.